The maximum atomic E-state index is 11.9. The molecule has 5 heteroatoms. The Balaban J connectivity index is 1.93. The van der Waals surface area contributed by atoms with Crippen LogP contribution in [0.25, 0.3) is 0 Å². The van der Waals surface area contributed by atoms with Gasteiger partial charge >= 0.3 is 5.97 Å². The average Bonchev–Trinajstić information content (AvgIpc) is 2.75. The zero-order valence-corrected chi connectivity index (χ0v) is 11.8. The summed E-state index contributed by atoms with van der Waals surface area (Å²) in [5.74, 6) is -0.377. The van der Waals surface area contributed by atoms with E-state index >= 15 is 0 Å². The van der Waals surface area contributed by atoms with Crippen LogP contribution in [0.2, 0.25) is 0 Å². The number of carbonyl (C=O) groups excluding carboxylic acids is 1. The summed E-state index contributed by atoms with van der Waals surface area (Å²) in [5, 5.41) is 0. The Labute approximate surface area is 115 Å². The maximum Gasteiger partial charge on any atom is 0.339 e. The van der Waals surface area contributed by atoms with Gasteiger partial charge in [0.05, 0.1) is 17.8 Å². The van der Waals surface area contributed by atoms with Crippen molar-refractivity contribution in [1.82, 2.24) is 0 Å². The molecular formula is C13H16BrNO3. The van der Waals surface area contributed by atoms with Crippen molar-refractivity contribution in [3.63, 3.8) is 0 Å². The highest BCUT2D eigenvalue weighted by Gasteiger charge is 2.23. The molecule has 0 radical (unpaired) electrons. The van der Waals surface area contributed by atoms with E-state index in [9.17, 15) is 4.79 Å². The highest BCUT2D eigenvalue weighted by Crippen LogP contribution is 2.22. The van der Waals surface area contributed by atoms with Gasteiger partial charge in [0.25, 0.3) is 0 Å². The van der Waals surface area contributed by atoms with Crippen molar-refractivity contribution in [3.8, 4) is 0 Å². The van der Waals surface area contributed by atoms with Gasteiger partial charge in [0.1, 0.15) is 6.61 Å². The molecule has 0 aliphatic carbocycles. The number of carbonyl (C=O) groups is 1. The maximum absolute atomic E-state index is 11.9. The van der Waals surface area contributed by atoms with E-state index < -0.39 is 0 Å². The molecule has 0 spiro atoms. The van der Waals surface area contributed by atoms with Crippen LogP contribution in [0.3, 0.4) is 0 Å². The van der Waals surface area contributed by atoms with Crippen LogP contribution >= 0.6 is 15.9 Å². The molecule has 4 nitrogen and oxygen atoms in total. The number of rotatable bonds is 3. The molecule has 0 bridgehead atoms. The van der Waals surface area contributed by atoms with Crippen molar-refractivity contribution in [2.75, 3.05) is 12.3 Å². The highest BCUT2D eigenvalue weighted by atomic mass is 79.9. The second-order valence-electron chi connectivity index (χ2n) is 4.48. The number of esters is 1. The molecule has 0 aromatic heterocycles. The Hall–Kier alpha value is -1.07. The molecule has 98 valence electrons. The Kier molecular flexibility index (Phi) is 4.24. The van der Waals surface area contributed by atoms with Crippen LogP contribution < -0.4 is 5.73 Å². The van der Waals surface area contributed by atoms with Crippen LogP contribution in [-0.4, -0.2) is 24.8 Å². The Morgan fingerprint density at radius 1 is 1.56 bits per heavy atom. The first-order valence-corrected chi connectivity index (χ1v) is 6.73. The lowest BCUT2D eigenvalue weighted by Gasteiger charge is -2.12. The van der Waals surface area contributed by atoms with Crippen molar-refractivity contribution in [2.45, 2.75) is 32.0 Å². The van der Waals surface area contributed by atoms with E-state index in [1.165, 1.54) is 0 Å². The number of benzene rings is 1. The molecule has 1 aliphatic heterocycles. The van der Waals surface area contributed by atoms with Gasteiger partial charge in [-0.05, 0) is 53.9 Å². The zero-order chi connectivity index (χ0) is 13.1. The first-order valence-electron chi connectivity index (χ1n) is 5.94. The van der Waals surface area contributed by atoms with Crippen molar-refractivity contribution in [3.05, 3.63) is 28.2 Å². The van der Waals surface area contributed by atoms with Gasteiger partial charge < -0.3 is 15.2 Å². The molecule has 0 amide bonds. The predicted octanol–water partition coefficient (Wildman–Crippen LogP) is 2.76. The number of halogens is 1. The minimum Gasteiger partial charge on any atom is -0.459 e. The first-order chi connectivity index (χ1) is 8.56. The lowest BCUT2D eigenvalue weighted by Crippen LogP contribution is -2.19. The fourth-order valence-corrected chi connectivity index (χ4v) is 2.36. The fraction of sp³-hybridized carbons (Fsp3) is 0.462. The first kappa shape index (κ1) is 13.4. The van der Waals surface area contributed by atoms with Crippen LogP contribution in [0.15, 0.2) is 22.7 Å². The third kappa shape index (κ3) is 3.23. The molecule has 2 unspecified atom stereocenters. The molecular weight excluding hydrogens is 298 g/mol. The number of hydrogen-bond donors (Lipinski definition) is 1. The van der Waals surface area contributed by atoms with Crippen LogP contribution in [-0.2, 0) is 9.47 Å². The minimum absolute atomic E-state index is 0.0174. The van der Waals surface area contributed by atoms with Crippen LogP contribution in [0, 0.1) is 0 Å². The molecule has 1 aliphatic rings. The van der Waals surface area contributed by atoms with Crippen molar-refractivity contribution in [2.24, 2.45) is 0 Å². The average molecular weight is 314 g/mol. The second kappa shape index (κ2) is 5.71. The quantitative estimate of drug-likeness (QED) is 0.688. The van der Waals surface area contributed by atoms with E-state index in [2.05, 4.69) is 15.9 Å². The summed E-state index contributed by atoms with van der Waals surface area (Å²) in [5.41, 5.74) is 6.63. The van der Waals surface area contributed by atoms with Crippen molar-refractivity contribution >= 4 is 27.6 Å². The fourth-order valence-electron chi connectivity index (χ4n) is 1.95. The molecule has 1 heterocycles. The zero-order valence-electron chi connectivity index (χ0n) is 10.2. The summed E-state index contributed by atoms with van der Waals surface area (Å²) in [4.78, 5) is 11.9. The normalized spacial score (nSPS) is 23.0. The summed E-state index contributed by atoms with van der Waals surface area (Å²) in [7, 11) is 0. The largest absolute Gasteiger partial charge is 0.459 e. The third-order valence-electron chi connectivity index (χ3n) is 2.93. The lowest BCUT2D eigenvalue weighted by atomic mass is 10.2. The number of hydrogen-bond acceptors (Lipinski definition) is 4. The van der Waals surface area contributed by atoms with Crippen molar-refractivity contribution < 1.29 is 14.3 Å². The molecule has 18 heavy (non-hydrogen) atoms. The van der Waals surface area contributed by atoms with Gasteiger partial charge in [0.15, 0.2) is 0 Å². The van der Waals surface area contributed by atoms with E-state index in [1.807, 2.05) is 6.92 Å². The molecule has 2 N–H and O–H groups in total. The van der Waals surface area contributed by atoms with Gasteiger partial charge in [-0.25, -0.2) is 4.79 Å². The summed E-state index contributed by atoms with van der Waals surface area (Å²) < 4.78 is 11.5. The van der Waals surface area contributed by atoms with Gasteiger partial charge in [-0.2, -0.15) is 0 Å². The van der Waals surface area contributed by atoms with Crippen LogP contribution in [0.4, 0.5) is 5.69 Å². The van der Waals surface area contributed by atoms with Crippen LogP contribution in [0.1, 0.15) is 30.1 Å². The summed E-state index contributed by atoms with van der Waals surface area (Å²) in [6.45, 7) is 2.32. The van der Waals surface area contributed by atoms with E-state index in [0.29, 0.717) is 22.3 Å². The smallest absolute Gasteiger partial charge is 0.339 e. The van der Waals surface area contributed by atoms with Gasteiger partial charge in [-0.1, -0.05) is 0 Å². The SMILES string of the molecule is CC1CCC(COC(=O)c2cc(N)ccc2Br)O1. The standard InChI is InChI=1S/C13H16BrNO3/c1-8-2-4-10(18-8)7-17-13(16)11-6-9(15)3-5-12(11)14/h3,5-6,8,10H,2,4,7,15H2,1H3. The molecule has 0 saturated carbocycles. The Morgan fingerprint density at radius 2 is 2.33 bits per heavy atom. The van der Waals surface area contributed by atoms with E-state index in [1.54, 1.807) is 18.2 Å². The second-order valence-corrected chi connectivity index (χ2v) is 5.34. The Morgan fingerprint density at radius 3 is 3.00 bits per heavy atom. The van der Waals surface area contributed by atoms with Gasteiger partial charge in [-0.3, -0.25) is 0 Å². The molecule has 1 saturated heterocycles. The van der Waals surface area contributed by atoms with Crippen molar-refractivity contribution in [1.29, 1.82) is 0 Å². The van der Waals surface area contributed by atoms with E-state index in [-0.39, 0.29) is 18.2 Å². The Bertz CT molecular complexity index is 450. The number of anilines is 1. The topological polar surface area (TPSA) is 61.5 Å². The monoisotopic (exact) mass is 313 g/mol. The van der Waals surface area contributed by atoms with E-state index in [4.69, 9.17) is 15.2 Å². The minimum atomic E-state index is -0.377. The van der Waals surface area contributed by atoms with Gasteiger partial charge in [-0.15, -0.1) is 0 Å². The van der Waals surface area contributed by atoms with Gasteiger partial charge in [0, 0.05) is 10.2 Å². The molecule has 1 aromatic rings. The highest BCUT2D eigenvalue weighted by molar-refractivity contribution is 9.10. The summed E-state index contributed by atoms with van der Waals surface area (Å²) in [6.07, 6.45) is 2.23. The molecule has 1 aromatic carbocycles. The predicted molar refractivity (Wildman–Crippen MR) is 72.4 cm³/mol. The number of ether oxygens (including phenoxy) is 2. The van der Waals surface area contributed by atoms with Gasteiger partial charge in [0.2, 0.25) is 0 Å². The summed E-state index contributed by atoms with van der Waals surface area (Å²) in [6, 6.07) is 5.06. The lowest BCUT2D eigenvalue weighted by molar-refractivity contribution is -0.00270. The summed E-state index contributed by atoms with van der Waals surface area (Å²) >= 11 is 3.31. The van der Waals surface area contributed by atoms with E-state index in [0.717, 1.165) is 12.8 Å². The number of nitrogen functional groups attached to an aromatic ring is 1. The molecule has 1 fully saturated rings. The molecule has 2 atom stereocenters. The third-order valence-corrected chi connectivity index (χ3v) is 3.62. The van der Waals surface area contributed by atoms with Crippen LogP contribution in [0.5, 0.6) is 0 Å². The number of nitrogens with two attached hydrogens (primary N) is 1. The molecule has 2 rings (SSSR count).